The number of H-pyrrole nitrogens is 1. The zero-order valence-corrected chi connectivity index (χ0v) is 14.9. The highest BCUT2D eigenvalue weighted by molar-refractivity contribution is 7.98. The lowest BCUT2D eigenvalue weighted by Crippen LogP contribution is -2.17. The van der Waals surface area contributed by atoms with E-state index in [9.17, 15) is 9.59 Å². The third kappa shape index (κ3) is 3.30. The minimum Gasteiger partial charge on any atom is -0.306 e. The number of aromatic amines is 1. The molecule has 26 heavy (non-hydrogen) atoms. The summed E-state index contributed by atoms with van der Waals surface area (Å²) < 4.78 is 3.31. The van der Waals surface area contributed by atoms with Gasteiger partial charge in [-0.3, -0.25) is 13.8 Å². The van der Waals surface area contributed by atoms with Crippen molar-refractivity contribution in [1.82, 2.24) is 18.9 Å². The van der Waals surface area contributed by atoms with Crippen LogP contribution in [0.2, 0.25) is 0 Å². The second kappa shape index (κ2) is 7.21. The van der Waals surface area contributed by atoms with Crippen molar-refractivity contribution in [2.45, 2.75) is 18.7 Å². The van der Waals surface area contributed by atoms with Crippen molar-refractivity contribution < 1.29 is 0 Å². The minimum atomic E-state index is -0.0691. The van der Waals surface area contributed by atoms with E-state index in [4.69, 9.17) is 0 Å². The Bertz CT molecular complexity index is 1180. The lowest BCUT2D eigenvalue weighted by Gasteiger charge is -2.05. The van der Waals surface area contributed by atoms with Crippen LogP contribution in [0.5, 0.6) is 0 Å². The number of pyridine rings is 1. The molecule has 0 aliphatic carbocycles. The van der Waals surface area contributed by atoms with Crippen molar-refractivity contribution >= 4 is 28.4 Å². The van der Waals surface area contributed by atoms with Crippen molar-refractivity contribution in [1.29, 1.82) is 0 Å². The molecule has 0 unspecified atom stereocenters. The SMILES string of the molecule is O=c1[nH]c2ccccc2n1CCCSCc1cc(=O)n2ccccc2n1. The number of fused-ring (bicyclic) bond motifs is 2. The molecule has 1 aromatic carbocycles. The van der Waals surface area contributed by atoms with Crippen LogP contribution in [-0.2, 0) is 12.3 Å². The van der Waals surface area contributed by atoms with Gasteiger partial charge >= 0.3 is 5.69 Å². The van der Waals surface area contributed by atoms with E-state index in [1.54, 1.807) is 28.6 Å². The van der Waals surface area contributed by atoms with Crippen LogP contribution < -0.4 is 11.2 Å². The van der Waals surface area contributed by atoms with E-state index in [0.717, 1.165) is 28.9 Å². The average Bonchev–Trinajstić information content (AvgIpc) is 2.97. The number of aryl methyl sites for hydroxylation is 1. The molecule has 0 spiro atoms. The molecule has 132 valence electrons. The molecule has 7 heteroatoms. The van der Waals surface area contributed by atoms with Gasteiger partial charge in [-0.25, -0.2) is 9.78 Å². The van der Waals surface area contributed by atoms with Crippen molar-refractivity contribution in [3.05, 3.63) is 81.3 Å². The second-order valence-electron chi connectivity index (χ2n) is 6.02. The van der Waals surface area contributed by atoms with Gasteiger partial charge in [0.05, 0.1) is 16.7 Å². The molecular formula is C19H18N4O2S. The van der Waals surface area contributed by atoms with Gasteiger partial charge in [0.15, 0.2) is 0 Å². The first-order valence-corrected chi connectivity index (χ1v) is 9.60. The Labute approximate surface area is 153 Å². The number of para-hydroxylation sites is 2. The van der Waals surface area contributed by atoms with Crippen molar-refractivity contribution in [2.24, 2.45) is 0 Å². The standard InChI is InChI=1S/C19H18N4O2S/c24-18-12-14(20-17-8-3-4-9-23(17)18)13-26-11-5-10-22-16-7-2-1-6-15(16)21-19(22)25/h1-4,6-9,12H,5,10-11,13H2,(H,21,25). The lowest BCUT2D eigenvalue weighted by atomic mass is 10.3. The molecule has 4 rings (SSSR count). The zero-order chi connectivity index (χ0) is 17.9. The van der Waals surface area contributed by atoms with Gasteiger partial charge < -0.3 is 4.98 Å². The number of thioether (sulfide) groups is 1. The number of nitrogens with one attached hydrogen (secondary N) is 1. The number of rotatable bonds is 6. The average molecular weight is 366 g/mol. The fourth-order valence-corrected chi connectivity index (χ4v) is 3.84. The molecule has 6 nitrogen and oxygen atoms in total. The molecule has 0 aliphatic heterocycles. The van der Waals surface area contributed by atoms with E-state index in [1.165, 1.54) is 4.40 Å². The molecule has 0 atom stereocenters. The summed E-state index contributed by atoms with van der Waals surface area (Å²) in [7, 11) is 0. The number of imidazole rings is 1. The van der Waals surface area contributed by atoms with Gasteiger partial charge in [-0.2, -0.15) is 11.8 Å². The lowest BCUT2D eigenvalue weighted by molar-refractivity contribution is 0.679. The molecule has 0 aliphatic rings. The summed E-state index contributed by atoms with van der Waals surface area (Å²) in [5.74, 6) is 1.57. The van der Waals surface area contributed by atoms with Gasteiger partial charge in [-0.1, -0.05) is 18.2 Å². The molecule has 0 saturated heterocycles. The number of benzene rings is 1. The summed E-state index contributed by atoms with van der Waals surface area (Å²) >= 11 is 1.72. The fraction of sp³-hybridized carbons (Fsp3) is 0.211. The van der Waals surface area contributed by atoms with Gasteiger partial charge in [0, 0.05) is 24.6 Å². The summed E-state index contributed by atoms with van der Waals surface area (Å²) in [4.78, 5) is 31.5. The number of nitrogens with zero attached hydrogens (tertiary/aromatic N) is 3. The second-order valence-corrected chi connectivity index (χ2v) is 7.12. The van der Waals surface area contributed by atoms with Crippen LogP contribution in [0, 0.1) is 0 Å². The highest BCUT2D eigenvalue weighted by atomic mass is 32.2. The predicted molar refractivity (Wildman–Crippen MR) is 105 cm³/mol. The van der Waals surface area contributed by atoms with E-state index in [1.807, 2.05) is 42.5 Å². The molecule has 3 heterocycles. The van der Waals surface area contributed by atoms with Gasteiger partial charge in [-0.05, 0) is 36.4 Å². The molecule has 0 bridgehead atoms. The van der Waals surface area contributed by atoms with Crippen LogP contribution in [0.1, 0.15) is 12.1 Å². The Balaban J connectivity index is 1.36. The van der Waals surface area contributed by atoms with Gasteiger partial charge in [0.2, 0.25) is 0 Å². The van der Waals surface area contributed by atoms with Crippen LogP contribution in [-0.4, -0.2) is 24.7 Å². The van der Waals surface area contributed by atoms with Crippen LogP contribution in [0.3, 0.4) is 0 Å². The summed E-state index contributed by atoms with van der Waals surface area (Å²) in [6.45, 7) is 0.670. The van der Waals surface area contributed by atoms with Crippen molar-refractivity contribution in [3.63, 3.8) is 0 Å². The van der Waals surface area contributed by atoms with Crippen molar-refractivity contribution in [2.75, 3.05) is 5.75 Å². The van der Waals surface area contributed by atoms with Crippen LogP contribution in [0.15, 0.2) is 64.3 Å². The van der Waals surface area contributed by atoms with Gasteiger partial charge in [0.1, 0.15) is 5.65 Å². The Morgan fingerprint density at radius 1 is 1.08 bits per heavy atom. The summed E-state index contributed by atoms with van der Waals surface area (Å²) in [6.07, 6.45) is 2.60. The van der Waals surface area contributed by atoms with E-state index >= 15 is 0 Å². The van der Waals surface area contributed by atoms with Gasteiger partial charge in [-0.15, -0.1) is 0 Å². The van der Waals surface area contributed by atoms with Gasteiger partial charge in [0.25, 0.3) is 5.56 Å². The molecule has 0 fully saturated rings. The van der Waals surface area contributed by atoms with E-state index in [0.29, 0.717) is 17.9 Å². The Morgan fingerprint density at radius 3 is 2.85 bits per heavy atom. The molecule has 4 aromatic rings. The monoisotopic (exact) mass is 366 g/mol. The quantitative estimate of drug-likeness (QED) is 0.533. The summed E-state index contributed by atoms with van der Waals surface area (Å²) in [6, 6.07) is 14.8. The first-order chi connectivity index (χ1) is 12.7. The third-order valence-corrected chi connectivity index (χ3v) is 5.30. The summed E-state index contributed by atoms with van der Waals surface area (Å²) in [5.41, 5.74) is 3.13. The predicted octanol–water partition coefficient (Wildman–Crippen LogP) is 2.66. The number of aromatic nitrogens is 4. The molecular weight excluding hydrogens is 348 g/mol. The van der Waals surface area contributed by atoms with Crippen LogP contribution in [0.25, 0.3) is 16.7 Å². The van der Waals surface area contributed by atoms with E-state index < -0.39 is 0 Å². The highest BCUT2D eigenvalue weighted by Gasteiger charge is 2.06. The minimum absolute atomic E-state index is 0.0588. The summed E-state index contributed by atoms with van der Waals surface area (Å²) in [5, 5.41) is 0. The first-order valence-electron chi connectivity index (χ1n) is 8.45. The molecule has 0 saturated carbocycles. The third-order valence-electron chi connectivity index (χ3n) is 4.23. The zero-order valence-electron chi connectivity index (χ0n) is 14.1. The largest absolute Gasteiger partial charge is 0.326 e. The Morgan fingerprint density at radius 2 is 1.92 bits per heavy atom. The fourth-order valence-electron chi connectivity index (χ4n) is 3.01. The maximum atomic E-state index is 12.1. The molecule has 0 radical (unpaired) electrons. The number of hydrogen-bond acceptors (Lipinski definition) is 4. The molecule has 3 aromatic heterocycles. The van der Waals surface area contributed by atoms with E-state index in [2.05, 4.69) is 9.97 Å². The molecule has 0 amide bonds. The Hall–Kier alpha value is -2.80. The smallest absolute Gasteiger partial charge is 0.306 e. The maximum absolute atomic E-state index is 12.1. The van der Waals surface area contributed by atoms with E-state index in [-0.39, 0.29) is 11.2 Å². The normalized spacial score (nSPS) is 11.4. The Kier molecular flexibility index (Phi) is 4.62. The maximum Gasteiger partial charge on any atom is 0.326 e. The van der Waals surface area contributed by atoms with Crippen molar-refractivity contribution in [3.8, 4) is 0 Å². The highest BCUT2D eigenvalue weighted by Crippen LogP contribution is 2.13. The van der Waals surface area contributed by atoms with Crippen LogP contribution in [0.4, 0.5) is 0 Å². The molecule has 1 N–H and O–H groups in total. The first kappa shape index (κ1) is 16.7. The van der Waals surface area contributed by atoms with Crippen LogP contribution >= 0.6 is 11.8 Å². The topological polar surface area (TPSA) is 72.2 Å². The number of hydrogen-bond donors (Lipinski definition) is 1.